The summed E-state index contributed by atoms with van der Waals surface area (Å²) in [6.07, 6.45) is 2.42. The molecule has 0 aliphatic heterocycles. The number of nitrogens with one attached hydrogen (secondary N) is 1. The minimum Gasteiger partial charge on any atom is -0.307 e. The highest BCUT2D eigenvalue weighted by atomic mass is 16.1. The Bertz CT molecular complexity index is 130. The molecule has 0 aliphatic rings. The van der Waals surface area contributed by atoms with Crippen LogP contribution in [0.3, 0.4) is 0 Å². The summed E-state index contributed by atoms with van der Waals surface area (Å²) in [4.78, 5) is 11.0. The van der Waals surface area contributed by atoms with Crippen LogP contribution in [0.15, 0.2) is 12.7 Å². The molecule has 2 nitrogen and oxygen atoms in total. The van der Waals surface area contributed by atoms with Gasteiger partial charge >= 0.3 is 0 Å². The molecule has 0 unspecified atom stereocenters. The minimum atomic E-state index is 0.279. The molecule has 0 aromatic rings. The molecule has 0 saturated heterocycles. The summed E-state index contributed by atoms with van der Waals surface area (Å²) in [6, 6.07) is 0. The first-order valence-electron chi connectivity index (χ1n) is 4.00. The Labute approximate surface area is 68.7 Å². The molecule has 0 aromatic heterocycles. The second-order valence-corrected chi connectivity index (χ2v) is 3.06. The molecule has 0 aliphatic carbocycles. The van der Waals surface area contributed by atoms with Crippen LogP contribution in [0.2, 0.25) is 0 Å². The van der Waals surface area contributed by atoms with E-state index < -0.39 is 0 Å². The average molecular weight is 155 g/mol. The summed E-state index contributed by atoms with van der Waals surface area (Å²) in [5.74, 6) is 0.745. The number of rotatable bonds is 6. The normalized spacial score (nSPS) is 10.1. The van der Waals surface area contributed by atoms with Gasteiger partial charge in [-0.25, -0.2) is 0 Å². The molecule has 0 saturated carbocycles. The van der Waals surface area contributed by atoms with Gasteiger partial charge in [0.25, 0.3) is 0 Å². The van der Waals surface area contributed by atoms with E-state index in [1.165, 1.54) is 0 Å². The van der Waals surface area contributed by atoms with E-state index in [0.29, 0.717) is 25.4 Å². The lowest BCUT2D eigenvalue weighted by molar-refractivity contribution is -0.118. The van der Waals surface area contributed by atoms with Crippen LogP contribution >= 0.6 is 0 Å². The van der Waals surface area contributed by atoms with E-state index in [-0.39, 0.29) is 5.78 Å². The van der Waals surface area contributed by atoms with Gasteiger partial charge in [0.1, 0.15) is 5.78 Å². The summed E-state index contributed by atoms with van der Waals surface area (Å²) in [5.41, 5.74) is 0. The van der Waals surface area contributed by atoms with Gasteiger partial charge in [-0.3, -0.25) is 4.79 Å². The highest BCUT2D eigenvalue weighted by molar-refractivity contribution is 5.80. The lowest BCUT2D eigenvalue weighted by Gasteiger charge is -2.03. The maximum atomic E-state index is 11.0. The van der Waals surface area contributed by atoms with Gasteiger partial charge in [-0.05, 0) is 5.92 Å². The van der Waals surface area contributed by atoms with Crippen molar-refractivity contribution in [2.75, 3.05) is 13.1 Å². The zero-order valence-electron chi connectivity index (χ0n) is 7.39. The van der Waals surface area contributed by atoms with Gasteiger partial charge in [0.2, 0.25) is 0 Å². The predicted molar refractivity (Wildman–Crippen MR) is 47.5 cm³/mol. The third-order valence-electron chi connectivity index (χ3n) is 1.25. The summed E-state index contributed by atoms with van der Waals surface area (Å²) >= 11 is 0. The Balaban J connectivity index is 3.30. The first-order valence-corrected chi connectivity index (χ1v) is 4.00. The highest BCUT2D eigenvalue weighted by Gasteiger charge is 2.02. The van der Waals surface area contributed by atoms with Crippen molar-refractivity contribution in [2.45, 2.75) is 20.3 Å². The lowest BCUT2D eigenvalue weighted by atomic mass is 10.1. The van der Waals surface area contributed by atoms with Crippen molar-refractivity contribution in [3.8, 4) is 0 Å². The van der Waals surface area contributed by atoms with Crippen molar-refractivity contribution in [3.05, 3.63) is 12.7 Å². The van der Waals surface area contributed by atoms with Crippen LogP contribution < -0.4 is 5.32 Å². The maximum Gasteiger partial charge on any atom is 0.146 e. The van der Waals surface area contributed by atoms with Crippen molar-refractivity contribution < 1.29 is 4.79 Å². The zero-order valence-corrected chi connectivity index (χ0v) is 7.39. The molecule has 0 radical (unpaired) electrons. The van der Waals surface area contributed by atoms with E-state index in [1.54, 1.807) is 6.08 Å². The highest BCUT2D eigenvalue weighted by Crippen LogP contribution is 1.98. The summed E-state index contributed by atoms with van der Waals surface area (Å²) in [6.45, 7) is 8.83. The molecule has 0 heterocycles. The third kappa shape index (κ3) is 7.26. The minimum absolute atomic E-state index is 0.279. The van der Waals surface area contributed by atoms with Gasteiger partial charge in [0.15, 0.2) is 0 Å². The van der Waals surface area contributed by atoms with E-state index in [4.69, 9.17) is 0 Å². The molecule has 0 aromatic carbocycles. The smallest absolute Gasteiger partial charge is 0.146 e. The Morgan fingerprint density at radius 1 is 1.64 bits per heavy atom. The third-order valence-corrected chi connectivity index (χ3v) is 1.25. The topological polar surface area (TPSA) is 29.1 Å². The van der Waals surface area contributed by atoms with Crippen LogP contribution in [0.25, 0.3) is 0 Å². The maximum absolute atomic E-state index is 11.0. The fourth-order valence-electron chi connectivity index (χ4n) is 0.841. The molecular formula is C9H17NO. The average Bonchev–Trinajstić information content (AvgIpc) is 1.86. The van der Waals surface area contributed by atoms with Crippen molar-refractivity contribution >= 4 is 5.78 Å². The summed E-state index contributed by atoms with van der Waals surface area (Å²) in [5, 5.41) is 2.97. The van der Waals surface area contributed by atoms with Crippen LogP contribution in [0, 0.1) is 5.92 Å². The molecule has 0 amide bonds. The molecule has 1 N–H and O–H groups in total. The molecule has 0 fully saturated rings. The first-order chi connectivity index (χ1) is 5.16. The fraction of sp³-hybridized carbons (Fsp3) is 0.667. The van der Waals surface area contributed by atoms with Crippen molar-refractivity contribution in [3.63, 3.8) is 0 Å². The second-order valence-electron chi connectivity index (χ2n) is 3.06. The number of ketones is 1. The number of hydrogen-bond donors (Lipinski definition) is 1. The molecule has 11 heavy (non-hydrogen) atoms. The summed E-state index contributed by atoms with van der Waals surface area (Å²) in [7, 11) is 0. The monoisotopic (exact) mass is 155 g/mol. The quantitative estimate of drug-likeness (QED) is 0.464. The largest absolute Gasteiger partial charge is 0.307 e. The van der Waals surface area contributed by atoms with E-state index in [0.717, 1.165) is 0 Å². The fourth-order valence-corrected chi connectivity index (χ4v) is 0.841. The molecule has 0 bridgehead atoms. The second kappa shape index (κ2) is 6.10. The van der Waals surface area contributed by atoms with Crippen LogP contribution in [0.1, 0.15) is 20.3 Å². The van der Waals surface area contributed by atoms with Gasteiger partial charge in [-0.15, -0.1) is 6.58 Å². The van der Waals surface area contributed by atoms with Crippen LogP contribution in [-0.4, -0.2) is 18.9 Å². The molecule has 0 spiro atoms. The Hall–Kier alpha value is -0.630. The SMILES string of the molecule is C=CCNCC(=O)CC(C)C. The van der Waals surface area contributed by atoms with Gasteiger partial charge in [0, 0.05) is 13.0 Å². The predicted octanol–water partition coefficient (Wildman–Crippen LogP) is 1.38. The van der Waals surface area contributed by atoms with E-state index >= 15 is 0 Å². The van der Waals surface area contributed by atoms with Gasteiger partial charge in [-0.2, -0.15) is 0 Å². The molecule has 64 valence electrons. The van der Waals surface area contributed by atoms with Gasteiger partial charge in [-0.1, -0.05) is 19.9 Å². The van der Waals surface area contributed by atoms with E-state index in [1.807, 2.05) is 13.8 Å². The van der Waals surface area contributed by atoms with Crippen LogP contribution in [0.4, 0.5) is 0 Å². The number of carbonyl (C=O) groups is 1. The summed E-state index contributed by atoms with van der Waals surface area (Å²) < 4.78 is 0. The standard InChI is InChI=1S/C9H17NO/c1-4-5-10-7-9(11)6-8(2)3/h4,8,10H,1,5-7H2,2-3H3. The lowest BCUT2D eigenvalue weighted by Crippen LogP contribution is -2.23. The molecular weight excluding hydrogens is 138 g/mol. The van der Waals surface area contributed by atoms with E-state index in [2.05, 4.69) is 11.9 Å². The number of carbonyl (C=O) groups excluding carboxylic acids is 1. The van der Waals surface area contributed by atoms with Gasteiger partial charge in [0.05, 0.1) is 6.54 Å². The van der Waals surface area contributed by atoms with Crippen LogP contribution in [-0.2, 0) is 4.79 Å². The Morgan fingerprint density at radius 3 is 2.73 bits per heavy atom. The first kappa shape index (κ1) is 10.4. The van der Waals surface area contributed by atoms with Gasteiger partial charge < -0.3 is 5.32 Å². The van der Waals surface area contributed by atoms with E-state index in [9.17, 15) is 4.79 Å². The number of Topliss-reactive ketones (excluding diaryl/α,β-unsaturated/α-hetero) is 1. The molecule has 2 heteroatoms. The Kier molecular flexibility index (Phi) is 5.75. The molecule has 0 atom stereocenters. The zero-order chi connectivity index (χ0) is 8.69. The van der Waals surface area contributed by atoms with Crippen molar-refractivity contribution in [1.82, 2.24) is 5.32 Å². The van der Waals surface area contributed by atoms with Crippen molar-refractivity contribution in [2.24, 2.45) is 5.92 Å². The van der Waals surface area contributed by atoms with Crippen LogP contribution in [0.5, 0.6) is 0 Å². The molecule has 0 rings (SSSR count). The number of hydrogen-bond acceptors (Lipinski definition) is 2. The van der Waals surface area contributed by atoms with Crippen molar-refractivity contribution in [1.29, 1.82) is 0 Å². The Morgan fingerprint density at radius 2 is 2.27 bits per heavy atom.